The molecule has 0 heterocycles. The van der Waals surface area contributed by atoms with Gasteiger partial charge in [-0.2, -0.15) is 0 Å². The summed E-state index contributed by atoms with van der Waals surface area (Å²) in [4.78, 5) is 0. The van der Waals surface area contributed by atoms with Gasteiger partial charge in [-0.3, -0.25) is 0 Å². The topological polar surface area (TPSA) is 12.0 Å². The van der Waals surface area contributed by atoms with Gasteiger partial charge in [0.1, 0.15) is 0 Å². The Balaban J connectivity index is 1.58. The first-order valence-electron chi connectivity index (χ1n) is 6.75. The monoisotopic (exact) mass is 207 g/mol. The normalized spacial score (nSPS) is 47.4. The molecule has 1 N–H and O–H groups in total. The van der Waals surface area contributed by atoms with E-state index < -0.39 is 0 Å². The molecule has 1 spiro atoms. The highest BCUT2D eigenvalue weighted by atomic mass is 15.0. The quantitative estimate of drug-likeness (QED) is 0.749. The molecule has 3 rings (SSSR count). The van der Waals surface area contributed by atoms with Crippen molar-refractivity contribution in [3.8, 4) is 0 Å². The highest BCUT2D eigenvalue weighted by Gasteiger charge is 2.62. The smallest absolute Gasteiger partial charge is 0.00683 e. The van der Waals surface area contributed by atoms with Gasteiger partial charge in [0.15, 0.2) is 0 Å². The van der Waals surface area contributed by atoms with E-state index in [1.165, 1.54) is 38.6 Å². The highest BCUT2D eigenvalue weighted by molar-refractivity contribution is 5.12. The lowest BCUT2D eigenvalue weighted by atomic mass is 9.89. The van der Waals surface area contributed by atoms with Gasteiger partial charge in [-0.1, -0.05) is 20.8 Å². The summed E-state index contributed by atoms with van der Waals surface area (Å²) in [5.41, 5.74) is 1.37. The fourth-order valence-electron chi connectivity index (χ4n) is 4.26. The summed E-state index contributed by atoms with van der Waals surface area (Å²) in [6.45, 7) is 8.72. The SMILES string of the molecule is CC1CC(C)(C)CC12CC2CNC1CC1. The molecule has 3 unspecified atom stereocenters. The Hall–Kier alpha value is -0.0400. The van der Waals surface area contributed by atoms with Crippen LogP contribution in [0.15, 0.2) is 0 Å². The molecule has 0 aliphatic heterocycles. The fraction of sp³-hybridized carbons (Fsp3) is 1.00. The van der Waals surface area contributed by atoms with E-state index in [1.54, 1.807) is 0 Å². The minimum absolute atomic E-state index is 0.619. The first-order chi connectivity index (χ1) is 7.02. The van der Waals surface area contributed by atoms with Crippen LogP contribution < -0.4 is 5.32 Å². The van der Waals surface area contributed by atoms with Gasteiger partial charge in [-0.25, -0.2) is 0 Å². The predicted molar refractivity (Wildman–Crippen MR) is 63.7 cm³/mol. The molecule has 1 heteroatoms. The summed E-state index contributed by atoms with van der Waals surface area (Å²) in [5.74, 6) is 1.98. The van der Waals surface area contributed by atoms with Crippen LogP contribution >= 0.6 is 0 Å². The maximum Gasteiger partial charge on any atom is 0.00683 e. The van der Waals surface area contributed by atoms with Gasteiger partial charge in [-0.05, 0) is 61.3 Å². The first kappa shape index (κ1) is 10.1. The molecule has 1 nitrogen and oxygen atoms in total. The van der Waals surface area contributed by atoms with Crippen molar-refractivity contribution in [2.24, 2.45) is 22.7 Å². The number of nitrogens with one attached hydrogen (secondary N) is 1. The number of hydrogen-bond donors (Lipinski definition) is 1. The van der Waals surface area contributed by atoms with Crippen LogP contribution in [0.25, 0.3) is 0 Å². The Morgan fingerprint density at radius 3 is 2.47 bits per heavy atom. The lowest BCUT2D eigenvalue weighted by molar-refractivity contribution is 0.330. The van der Waals surface area contributed by atoms with Crippen molar-refractivity contribution < 1.29 is 0 Å². The lowest BCUT2D eigenvalue weighted by Crippen LogP contribution is -2.22. The molecule has 0 aromatic rings. The molecule has 3 aliphatic carbocycles. The molecular weight excluding hydrogens is 182 g/mol. The molecule has 0 amide bonds. The summed E-state index contributed by atoms with van der Waals surface area (Å²) < 4.78 is 0. The second kappa shape index (κ2) is 3.00. The van der Waals surface area contributed by atoms with Gasteiger partial charge >= 0.3 is 0 Å². The molecule has 3 saturated carbocycles. The lowest BCUT2D eigenvalue weighted by Gasteiger charge is -2.17. The van der Waals surface area contributed by atoms with Crippen molar-refractivity contribution in [3.05, 3.63) is 0 Å². The summed E-state index contributed by atoms with van der Waals surface area (Å²) >= 11 is 0. The highest BCUT2D eigenvalue weighted by Crippen LogP contribution is 2.69. The minimum atomic E-state index is 0.619. The van der Waals surface area contributed by atoms with E-state index in [4.69, 9.17) is 0 Å². The van der Waals surface area contributed by atoms with Crippen molar-refractivity contribution in [1.29, 1.82) is 0 Å². The summed E-state index contributed by atoms with van der Waals surface area (Å²) in [6.07, 6.45) is 7.31. The molecule has 0 saturated heterocycles. The van der Waals surface area contributed by atoms with E-state index in [0.717, 1.165) is 23.3 Å². The fourth-order valence-corrected chi connectivity index (χ4v) is 4.26. The Kier molecular flexibility index (Phi) is 2.03. The molecule has 0 radical (unpaired) electrons. The van der Waals surface area contributed by atoms with Crippen molar-refractivity contribution >= 4 is 0 Å². The zero-order valence-electron chi connectivity index (χ0n) is 10.5. The third-order valence-corrected chi connectivity index (χ3v) is 5.16. The Morgan fingerprint density at radius 1 is 1.20 bits per heavy atom. The van der Waals surface area contributed by atoms with Crippen LogP contribution in [0, 0.1) is 22.7 Å². The molecule has 0 aromatic carbocycles. The molecule has 86 valence electrons. The summed E-state index contributed by atoms with van der Waals surface area (Å²) in [7, 11) is 0. The number of hydrogen-bond acceptors (Lipinski definition) is 1. The Labute approximate surface area is 94.0 Å². The van der Waals surface area contributed by atoms with Crippen molar-refractivity contribution in [2.75, 3.05) is 6.54 Å². The van der Waals surface area contributed by atoms with Crippen molar-refractivity contribution in [1.82, 2.24) is 5.32 Å². The zero-order chi connectivity index (χ0) is 10.7. The zero-order valence-corrected chi connectivity index (χ0v) is 10.5. The largest absolute Gasteiger partial charge is 0.314 e. The van der Waals surface area contributed by atoms with E-state index in [-0.39, 0.29) is 0 Å². The van der Waals surface area contributed by atoms with E-state index in [0.29, 0.717) is 5.41 Å². The van der Waals surface area contributed by atoms with Gasteiger partial charge in [0.25, 0.3) is 0 Å². The second-order valence-electron chi connectivity index (χ2n) is 7.26. The van der Waals surface area contributed by atoms with Crippen LogP contribution in [0.2, 0.25) is 0 Å². The molecule has 3 fully saturated rings. The van der Waals surface area contributed by atoms with Crippen LogP contribution in [0.4, 0.5) is 0 Å². The minimum Gasteiger partial charge on any atom is -0.314 e. The third-order valence-electron chi connectivity index (χ3n) is 5.16. The predicted octanol–water partition coefficient (Wildman–Crippen LogP) is 3.20. The molecular formula is C14H25N. The van der Waals surface area contributed by atoms with Gasteiger partial charge < -0.3 is 5.32 Å². The summed E-state index contributed by atoms with van der Waals surface area (Å²) in [6, 6.07) is 0.896. The second-order valence-corrected chi connectivity index (χ2v) is 7.26. The molecule has 15 heavy (non-hydrogen) atoms. The van der Waals surface area contributed by atoms with E-state index in [1.807, 2.05) is 0 Å². The van der Waals surface area contributed by atoms with E-state index >= 15 is 0 Å². The summed E-state index contributed by atoms with van der Waals surface area (Å²) in [5, 5.41) is 3.72. The van der Waals surface area contributed by atoms with Crippen molar-refractivity contribution in [3.63, 3.8) is 0 Å². The molecule has 0 aromatic heterocycles. The van der Waals surface area contributed by atoms with Crippen molar-refractivity contribution in [2.45, 2.75) is 58.9 Å². The number of rotatable bonds is 3. The Bertz CT molecular complexity index is 265. The van der Waals surface area contributed by atoms with Crippen LogP contribution in [0.3, 0.4) is 0 Å². The molecule has 3 atom stereocenters. The van der Waals surface area contributed by atoms with Gasteiger partial charge in [0.2, 0.25) is 0 Å². The van der Waals surface area contributed by atoms with Crippen LogP contribution in [0.1, 0.15) is 52.9 Å². The maximum absolute atomic E-state index is 3.72. The average molecular weight is 207 g/mol. The van der Waals surface area contributed by atoms with Gasteiger partial charge in [-0.15, -0.1) is 0 Å². The Morgan fingerprint density at radius 2 is 1.93 bits per heavy atom. The van der Waals surface area contributed by atoms with Crippen LogP contribution in [-0.2, 0) is 0 Å². The standard InChI is InChI=1S/C14H25N/c1-10-6-13(2,3)9-14(10)7-11(14)8-15-12-4-5-12/h10-12,15H,4-9H2,1-3H3. The molecule has 3 aliphatic rings. The third kappa shape index (κ3) is 1.73. The van der Waals surface area contributed by atoms with Crippen LogP contribution in [-0.4, -0.2) is 12.6 Å². The molecule has 0 bridgehead atoms. The van der Waals surface area contributed by atoms with Crippen LogP contribution in [0.5, 0.6) is 0 Å². The average Bonchev–Trinajstić information content (AvgIpc) is 2.93. The van der Waals surface area contributed by atoms with E-state index in [2.05, 4.69) is 26.1 Å². The maximum atomic E-state index is 3.72. The van der Waals surface area contributed by atoms with E-state index in [9.17, 15) is 0 Å². The first-order valence-corrected chi connectivity index (χ1v) is 6.75. The van der Waals surface area contributed by atoms with Gasteiger partial charge in [0.05, 0.1) is 0 Å². The van der Waals surface area contributed by atoms with Gasteiger partial charge in [0, 0.05) is 6.04 Å².